The van der Waals surface area contributed by atoms with Gasteiger partial charge >= 0.3 is 0 Å². The first-order valence-corrected chi connectivity index (χ1v) is 6.57. The second-order valence-corrected chi connectivity index (χ2v) is 5.16. The van der Waals surface area contributed by atoms with E-state index in [1.807, 2.05) is 13.8 Å². The monoisotopic (exact) mass is 319 g/mol. The molecule has 0 bridgehead atoms. The normalized spacial score (nSPS) is 12.2. The molecule has 0 fully saturated rings. The average molecular weight is 320 g/mol. The van der Waals surface area contributed by atoms with Crippen molar-refractivity contribution in [2.45, 2.75) is 32.8 Å². The van der Waals surface area contributed by atoms with Crippen molar-refractivity contribution < 1.29 is 9.13 Å². The fourth-order valence-electron chi connectivity index (χ4n) is 1.25. The minimum atomic E-state index is -0.436. The maximum absolute atomic E-state index is 13.1. The zero-order valence-electron chi connectivity index (χ0n) is 9.80. The Bertz CT molecular complexity index is 425. The van der Waals surface area contributed by atoms with Crippen molar-refractivity contribution in [2.75, 3.05) is 5.73 Å². The summed E-state index contributed by atoms with van der Waals surface area (Å²) in [5.74, 6) is -0.436. The summed E-state index contributed by atoms with van der Waals surface area (Å²) in [6.45, 7) is 3.99. The molecule has 1 aromatic carbocycles. The van der Waals surface area contributed by atoms with Gasteiger partial charge in [-0.25, -0.2) is 4.39 Å². The lowest BCUT2D eigenvalue weighted by Crippen LogP contribution is -2.14. The third-order valence-corrected chi connectivity index (χ3v) is 3.39. The highest BCUT2D eigenvalue weighted by atomic mass is 79.9. The molecule has 0 aliphatic carbocycles. The van der Waals surface area contributed by atoms with Crippen LogP contribution in [0.15, 0.2) is 16.6 Å². The number of ether oxygens (including phenoxy) is 1. The van der Waals surface area contributed by atoms with Crippen molar-refractivity contribution in [1.82, 2.24) is 0 Å². The summed E-state index contributed by atoms with van der Waals surface area (Å²) in [4.78, 5) is 0. The number of rotatable bonds is 4. The Morgan fingerprint density at radius 1 is 1.59 bits per heavy atom. The van der Waals surface area contributed by atoms with Crippen LogP contribution in [-0.2, 0) is 11.2 Å². The van der Waals surface area contributed by atoms with Gasteiger partial charge in [-0.2, -0.15) is 0 Å². The van der Waals surface area contributed by atoms with Crippen molar-refractivity contribution in [2.24, 2.45) is 0 Å². The molecule has 0 radical (unpaired) electrons. The molecular formula is C12H15BrFNOS. The van der Waals surface area contributed by atoms with E-state index in [4.69, 9.17) is 22.7 Å². The first-order chi connectivity index (χ1) is 7.93. The van der Waals surface area contributed by atoms with E-state index in [0.29, 0.717) is 15.9 Å². The van der Waals surface area contributed by atoms with E-state index in [-0.39, 0.29) is 11.8 Å². The van der Waals surface area contributed by atoms with E-state index in [9.17, 15) is 4.39 Å². The lowest BCUT2D eigenvalue weighted by atomic mass is 10.1. The predicted octanol–water partition coefficient (Wildman–Crippen LogP) is 3.86. The van der Waals surface area contributed by atoms with Gasteiger partial charge < -0.3 is 10.5 Å². The molecule has 94 valence electrons. The number of halogens is 2. The average Bonchev–Trinajstić information content (AvgIpc) is 2.25. The molecule has 0 saturated heterocycles. The third-order valence-electron chi connectivity index (χ3n) is 2.41. The van der Waals surface area contributed by atoms with E-state index >= 15 is 0 Å². The quantitative estimate of drug-likeness (QED) is 0.676. The van der Waals surface area contributed by atoms with Crippen LogP contribution in [0.2, 0.25) is 0 Å². The van der Waals surface area contributed by atoms with Crippen LogP contribution in [0.25, 0.3) is 0 Å². The Hall–Kier alpha value is -0.680. The second-order valence-electron chi connectivity index (χ2n) is 3.85. The fraction of sp³-hybridized carbons (Fsp3) is 0.417. The topological polar surface area (TPSA) is 35.2 Å². The van der Waals surface area contributed by atoms with Crippen LogP contribution in [0.1, 0.15) is 25.8 Å². The van der Waals surface area contributed by atoms with Crippen molar-refractivity contribution in [3.63, 3.8) is 0 Å². The van der Waals surface area contributed by atoms with Gasteiger partial charge in [-0.05, 0) is 43.3 Å². The van der Waals surface area contributed by atoms with Gasteiger partial charge in [-0.1, -0.05) is 22.9 Å². The largest absolute Gasteiger partial charge is 0.484 e. The van der Waals surface area contributed by atoms with Crippen LogP contribution in [0.3, 0.4) is 0 Å². The molecular weight excluding hydrogens is 305 g/mol. The SMILES string of the molecule is CCC(C)OC(=S)Cc1cc(N)c(F)cc1Br. The number of hydrogen-bond acceptors (Lipinski definition) is 3. The molecule has 1 atom stereocenters. The summed E-state index contributed by atoms with van der Waals surface area (Å²) in [7, 11) is 0. The van der Waals surface area contributed by atoms with Gasteiger partial charge in [0.15, 0.2) is 5.05 Å². The number of thiocarbonyl (C=S) groups is 1. The van der Waals surface area contributed by atoms with E-state index < -0.39 is 5.82 Å². The van der Waals surface area contributed by atoms with E-state index in [0.717, 1.165) is 12.0 Å². The van der Waals surface area contributed by atoms with Gasteiger partial charge in [0, 0.05) is 10.9 Å². The number of nitrogen functional groups attached to an aromatic ring is 1. The molecule has 2 N–H and O–H groups in total. The Kier molecular flexibility index (Phi) is 5.33. The molecule has 0 spiro atoms. The Balaban J connectivity index is 2.75. The van der Waals surface area contributed by atoms with Gasteiger partial charge in [-0.15, -0.1) is 0 Å². The molecule has 0 aliphatic rings. The summed E-state index contributed by atoms with van der Waals surface area (Å²) in [5.41, 5.74) is 6.46. The minimum Gasteiger partial charge on any atom is -0.484 e. The first kappa shape index (κ1) is 14.4. The minimum absolute atomic E-state index is 0.0964. The van der Waals surface area contributed by atoms with Crippen molar-refractivity contribution in [3.8, 4) is 0 Å². The van der Waals surface area contributed by atoms with Crippen LogP contribution < -0.4 is 5.73 Å². The number of anilines is 1. The van der Waals surface area contributed by atoms with Gasteiger partial charge in [-0.3, -0.25) is 0 Å². The van der Waals surface area contributed by atoms with Crippen LogP contribution in [0, 0.1) is 5.82 Å². The smallest absolute Gasteiger partial charge is 0.164 e. The molecule has 0 heterocycles. The molecule has 17 heavy (non-hydrogen) atoms. The van der Waals surface area contributed by atoms with Crippen LogP contribution in [0.4, 0.5) is 10.1 Å². The molecule has 1 unspecified atom stereocenters. The van der Waals surface area contributed by atoms with Crippen LogP contribution in [-0.4, -0.2) is 11.2 Å². The summed E-state index contributed by atoms with van der Waals surface area (Å²) >= 11 is 8.42. The van der Waals surface area contributed by atoms with Crippen molar-refractivity contribution in [3.05, 3.63) is 28.0 Å². The van der Waals surface area contributed by atoms with E-state index in [1.165, 1.54) is 6.07 Å². The molecule has 0 aromatic heterocycles. The van der Waals surface area contributed by atoms with Crippen LogP contribution in [0.5, 0.6) is 0 Å². The number of benzene rings is 1. The Morgan fingerprint density at radius 3 is 2.82 bits per heavy atom. The molecule has 5 heteroatoms. The summed E-state index contributed by atoms with van der Waals surface area (Å²) < 4.78 is 19.3. The van der Waals surface area contributed by atoms with Crippen molar-refractivity contribution in [1.29, 1.82) is 0 Å². The van der Waals surface area contributed by atoms with Gasteiger partial charge in [0.1, 0.15) is 5.82 Å². The highest BCUT2D eigenvalue weighted by Gasteiger charge is 2.10. The molecule has 0 aliphatic heterocycles. The third kappa shape index (κ3) is 4.24. The Morgan fingerprint density at radius 2 is 2.24 bits per heavy atom. The van der Waals surface area contributed by atoms with E-state index in [2.05, 4.69) is 15.9 Å². The summed E-state index contributed by atoms with van der Waals surface area (Å²) in [6, 6.07) is 2.92. The van der Waals surface area contributed by atoms with Crippen molar-refractivity contribution >= 4 is 38.9 Å². The van der Waals surface area contributed by atoms with E-state index in [1.54, 1.807) is 6.07 Å². The highest BCUT2D eigenvalue weighted by molar-refractivity contribution is 9.10. The molecule has 0 amide bonds. The highest BCUT2D eigenvalue weighted by Crippen LogP contribution is 2.23. The molecule has 2 nitrogen and oxygen atoms in total. The van der Waals surface area contributed by atoms with Gasteiger partial charge in [0.25, 0.3) is 0 Å². The molecule has 1 aromatic rings. The number of nitrogens with two attached hydrogens (primary N) is 1. The summed E-state index contributed by atoms with van der Waals surface area (Å²) in [6.07, 6.45) is 1.44. The maximum Gasteiger partial charge on any atom is 0.164 e. The first-order valence-electron chi connectivity index (χ1n) is 5.37. The predicted molar refractivity (Wildman–Crippen MR) is 75.7 cm³/mol. The van der Waals surface area contributed by atoms with Gasteiger partial charge in [0.05, 0.1) is 11.8 Å². The lowest BCUT2D eigenvalue weighted by molar-refractivity contribution is 0.205. The standard InChI is InChI=1S/C12H15BrFNOS/c1-3-7(2)16-12(17)5-8-4-11(15)10(14)6-9(8)13/h4,6-7H,3,5,15H2,1-2H3. The second kappa shape index (κ2) is 6.31. The fourth-order valence-corrected chi connectivity index (χ4v) is 2.03. The van der Waals surface area contributed by atoms with Crippen LogP contribution >= 0.6 is 28.1 Å². The number of hydrogen-bond donors (Lipinski definition) is 1. The molecule has 0 saturated carbocycles. The lowest BCUT2D eigenvalue weighted by Gasteiger charge is -2.14. The zero-order valence-corrected chi connectivity index (χ0v) is 12.2. The Labute approximate surface area is 114 Å². The zero-order chi connectivity index (χ0) is 13.0. The van der Waals surface area contributed by atoms with Gasteiger partial charge in [0.2, 0.25) is 0 Å². The summed E-state index contributed by atoms with van der Waals surface area (Å²) in [5, 5.41) is 0.492. The maximum atomic E-state index is 13.1. The molecule has 1 rings (SSSR count).